The van der Waals surface area contributed by atoms with Crippen molar-refractivity contribution in [2.24, 2.45) is 5.92 Å². The van der Waals surface area contributed by atoms with E-state index in [1.165, 1.54) is 5.56 Å². The zero-order chi connectivity index (χ0) is 13.0. The zero-order valence-electron chi connectivity index (χ0n) is 10.3. The smallest absolute Gasteiger partial charge is 0.241 e. The number of nitrogens with one attached hydrogen (secondary N) is 3. The Hall–Kier alpha value is -1.62. The van der Waals surface area contributed by atoms with Crippen molar-refractivity contribution < 1.29 is 4.79 Å². The average Bonchev–Trinajstić information content (AvgIpc) is 3.21. The van der Waals surface area contributed by atoms with Gasteiger partial charge in [-0.25, -0.2) is 0 Å². The van der Waals surface area contributed by atoms with Gasteiger partial charge in [0.1, 0.15) is 0 Å². The lowest BCUT2D eigenvalue weighted by molar-refractivity contribution is -0.122. The molecule has 1 amide bonds. The number of anilines is 1. The maximum atomic E-state index is 11.4. The molecule has 18 heavy (non-hydrogen) atoms. The fourth-order valence-corrected chi connectivity index (χ4v) is 1.72. The maximum Gasteiger partial charge on any atom is 0.241 e. The van der Waals surface area contributed by atoms with Gasteiger partial charge in [-0.05, 0) is 49.2 Å². The van der Waals surface area contributed by atoms with Crippen LogP contribution in [-0.2, 0) is 11.2 Å². The van der Waals surface area contributed by atoms with Crippen LogP contribution in [0.15, 0.2) is 24.3 Å². The minimum Gasteiger partial charge on any atom is -0.331 e. The predicted molar refractivity (Wildman–Crippen MR) is 76.0 cm³/mol. The molecule has 4 nitrogen and oxygen atoms in total. The molecule has 1 aliphatic carbocycles. The summed E-state index contributed by atoms with van der Waals surface area (Å²) >= 11 is 5.09. The Bertz CT molecular complexity index is 440. The maximum absolute atomic E-state index is 11.4. The highest BCUT2D eigenvalue weighted by Gasteiger charge is 2.29. The Morgan fingerprint density at radius 3 is 2.50 bits per heavy atom. The third-order valence-corrected chi connectivity index (χ3v) is 3.07. The lowest BCUT2D eigenvalue weighted by Gasteiger charge is -2.11. The Labute approximate surface area is 112 Å². The molecule has 0 spiro atoms. The number of rotatable bonds is 3. The first kappa shape index (κ1) is 12.8. The van der Waals surface area contributed by atoms with Gasteiger partial charge in [0.05, 0.1) is 0 Å². The lowest BCUT2D eigenvalue weighted by atomic mass is 10.1. The molecule has 96 valence electrons. The van der Waals surface area contributed by atoms with Crippen LogP contribution >= 0.6 is 12.2 Å². The van der Waals surface area contributed by atoms with Crippen LogP contribution in [0.1, 0.15) is 25.3 Å². The van der Waals surface area contributed by atoms with E-state index in [0.29, 0.717) is 5.11 Å². The lowest BCUT2D eigenvalue weighted by Crippen LogP contribution is -2.44. The first-order valence-electron chi connectivity index (χ1n) is 6.15. The first-order chi connectivity index (χ1) is 8.69. The highest BCUT2D eigenvalue weighted by Crippen LogP contribution is 2.28. The number of benzene rings is 1. The van der Waals surface area contributed by atoms with Crippen LogP contribution in [0.2, 0.25) is 0 Å². The third-order valence-electron chi connectivity index (χ3n) is 2.87. The molecule has 0 bridgehead atoms. The molecule has 0 unspecified atom stereocenters. The van der Waals surface area contributed by atoms with Crippen LogP contribution in [0.25, 0.3) is 0 Å². The molecule has 0 heterocycles. The van der Waals surface area contributed by atoms with Crippen LogP contribution in [0.5, 0.6) is 0 Å². The Kier molecular flexibility index (Phi) is 4.15. The molecule has 0 aromatic heterocycles. The molecule has 1 aromatic carbocycles. The molecule has 1 aliphatic rings. The van der Waals surface area contributed by atoms with Gasteiger partial charge in [-0.15, -0.1) is 0 Å². The molecule has 3 N–H and O–H groups in total. The van der Waals surface area contributed by atoms with Gasteiger partial charge in [-0.1, -0.05) is 19.1 Å². The molecule has 0 saturated heterocycles. The Morgan fingerprint density at radius 2 is 1.94 bits per heavy atom. The number of carbonyl (C=O) groups excluding carboxylic acids is 1. The average molecular weight is 263 g/mol. The summed E-state index contributed by atoms with van der Waals surface area (Å²) < 4.78 is 0. The molecule has 1 aromatic rings. The van der Waals surface area contributed by atoms with Crippen LogP contribution in [0, 0.1) is 5.92 Å². The molecule has 0 radical (unpaired) electrons. The fraction of sp³-hybridized carbons (Fsp3) is 0.385. The molecule has 0 aliphatic heterocycles. The van der Waals surface area contributed by atoms with E-state index in [0.717, 1.165) is 24.9 Å². The summed E-state index contributed by atoms with van der Waals surface area (Å²) in [5, 5.41) is 3.41. The van der Waals surface area contributed by atoms with Gasteiger partial charge in [0, 0.05) is 11.6 Å². The fourth-order valence-electron chi connectivity index (χ4n) is 1.55. The van der Waals surface area contributed by atoms with E-state index in [-0.39, 0.29) is 11.8 Å². The number of aryl methyl sites for hydroxylation is 1. The minimum atomic E-state index is 0.0143. The molecule has 5 heteroatoms. The van der Waals surface area contributed by atoms with E-state index in [9.17, 15) is 4.79 Å². The Morgan fingerprint density at radius 1 is 1.28 bits per heavy atom. The highest BCUT2D eigenvalue weighted by molar-refractivity contribution is 7.80. The first-order valence-corrected chi connectivity index (χ1v) is 6.55. The van der Waals surface area contributed by atoms with Crippen LogP contribution in [0.4, 0.5) is 5.69 Å². The van der Waals surface area contributed by atoms with Gasteiger partial charge in [-0.2, -0.15) is 0 Å². The molecule has 2 rings (SSSR count). The van der Waals surface area contributed by atoms with Crippen LogP contribution < -0.4 is 16.2 Å². The largest absolute Gasteiger partial charge is 0.331 e. The second-order valence-electron chi connectivity index (χ2n) is 4.39. The number of hydrogen-bond acceptors (Lipinski definition) is 2. The topological polar surface area (TPSA) is 53.2 Å². The van der Waals surface area contributed by atoms with Crippen molar-refractivity contribution in [1.82, 2.24) is 10.9 Å². The number of thiocarbonyl (C=S) groups is 1. The normalized spacial score (nSPS) is 13.8. The van der Waals surface area contributed by atoms with Gasteiger partial charge in [0.2, 0.25) is 5.91 Å². The highest BCUT2D eigenvalue weighted by atomic mass is 32.1. The minimum absolute atomic E-state index is 0.0143. The van der Waals surface area contributed by atoms with Crippen molar-refractivity contribution in [3.05, 3.63) is 29.8 Å². The van der Waals surface area contributed by atoms with E-state index < -0.39 is 0 Å². The second kappa shape index (κ2) is 5.82. The van der Waals surface area contributed by atoms with Crippen molar-refractivity contribution in [3.63, 3.8) is 0 Å². The molecule has 0 atom stereocenters. The van der Waals surface area contributed by atoms with Crippen molar-refractivity contribution in [1.29, 1.82) is 0 Å². The summed E-state index contributed by atoms with van der Waals surface area (Å²) in [5.41, 5.74) is 7.48. The van der Waals surface area contributed by atoms with Crippen LogP contribution in [0.3, 0.4) is 0 Å². The van der Waals surface area contributed by atoms with Gasteiger partial charge in [-0.3, -0.25) is 15.6 Å². The number of hydrazine groups is 1. The number of hydrogen-bond donors (Lipinski definition) is 3. The Balaban J connectivity index is 1.77. The number of carbonyl (C=O) groups is 1. The van der Waals surface area contributed by atoms with E-state index in [1.54, 1.807) is 0 Å². The summed E-state index contributed by atoms with van der Waals surface area (Å²) in [6.45, 7) is 2.11. The summed E-state index contributed by atoms with van der Waals surface area (Å²) in [6.07, 6.45) is 2.97. The SMILES string of the molecule is CCc1ccc(NC(=S)NNC(=O)C2CC2)cc1. The van der Waals surface area contributed by atoms with E-state index in [2.05, 4.69) is 23.1 Å². The molecule has 1 fully saturated rings. The van der Waals surface area contributed by atoms with E-state index in [4.69, 9.17) is 12.2 Å². The molecular formula is C13H17N3OS. The molecular weight excluding hydrogens is 246 g/mol. The third kappa shape index (κ3) is 3.70. The predicted octanol–water partition coefficient (Wildman–Crippen LogP) is 1.98. The summed E-state index contributed by atoms with van der Waals surface area (Å²) in [4.78, 5) is 11.4. The summed E-state index contributed by atoms with van der Waals surface area (Å²) in [7, 11) is 0. The van der Waals surface area contributed by atoms with Gasteiger partial charge < -0.3 is 5.32 Å². The second-order valence-corrected chi connectivity index (χ2v) is 4.80. The van der Waals surface area contributed by atoms with Gasteiger partial charge in [0.25, 0.3) is 0 Å². The van der Waals surface area contributed by atoms with Gasteiger partial charge in [0.15, 0.2) is 5.11 Å². The quantitative estimate of drug-likeness (QED) is 0.576. The van der Waals surface area contributed by atoms with E-state index >= 15 is 0 Å². The summed E-state index contributed by atoms with van der Waals surface area (Å²) in [5.74, 6) is 0.185. The van der Waals surface area contributed by atoms with Gasteiger partial charge >= 0.3 is 0 Å². The monoisotopic (exact) mass is 263 g/mol. The molecule has 1 saturated carbocycles. The van der Waals surface area contributed by atoms with Crippen molar-refractivity contribution >= 4 is 28.9 Å². The standard InChI is InChI=1S/C13H17N3OS/c1-2-9-3-7-11(8-4-9)14-13(18)16-15-12(17)10-5-6-10/h3-4,7-8,10H,2,5-6H2,1H3,(H,15,17)(H2,14,16,18). The van der Waals surface area contributed by atoms with Crippen molar-refractivity contribution in [2.75, 3.05) is 5.32 Å². The van der Waals surface area contributed by atoms with E-state index in [1.807, 2.05) is 24.3 Å². The number of amides is 1. The zero-order valence-corrected chi connectivity index (χ0v) is 11.1. The van der Waals surface area contributed by atoms with Crippen molar-refractivity contribution in [2.45, 2.75) is 26.2 Å². The summed E-state index contributed by atoms with van der Waals surface area (Å²) in [6, 6.07) is 8.03. The van der Waals surface area contributed by atoms with Crippen LogP contribution in [-0.4, -0.2) is 11.0 Å². The van der Waals surface area contributed by atoms with Crippen molar-refractivity contribution in [3.8, 4) is 0 Å².